The minimum atomic E-state index is -0.787. The maximum atomic E-state index is 14.3. The number of aromatic amines is 1. The Bertz CT molecular complexity index is 1160. The number of benzene rings is 2. The van der Waals surface area contributed by atoms with E-state index in [4.69, 9.17) is 0 Å². The summed E-state index contributed by atoms with van der Waals surface area (Å²) < 4.78 is 29.6. The van der Waals surface area contributed by atoms with Gasteiger partial charge in [-0.25, -0.2) is 13.5 Å². The van der Waals surface area contributed by atoms with Crippen molar-refractivity contribution in [2.45, 2.75) is 6.61 Å². The maximum absolute atomic E-state index is 14.3. The first kappa shape index (κ1) is 16.2. The highest BCUT2D eigenvalue weighted by Crippen LogP contribution is 2.29. The number of pyridine rings is 1. The minimum absolute atomic E-state index is 0.176. The van der Waals surface area contributed by atoms with Crippen LogP contribution in [0, 0.1) is 11.6 Å². The molecule has 0 unspecified atom stereocenters. The number of rotatable bonds is 3. The smallest absolute Gasteiger partial charge is 0.259 e. The van der Waals surface area contributed by atoms with Crippen molar-refractivity contribution in [1.82, 2.24) is 14.8 Å². The Balaban J connectivity index is 2.09. The lowest BCUT2D eigenvalue weighted by Gasteiger charge is -2.06. The van der Waals surface area contributed by atoms with E-state index in [0.717, 1.165) is 16.8 Å². The van der Waals surface area contributed by atoms with Crippen LogP contribution in [0.15, 0.2) is 59.5 Å². The van der Waals surface area contributed by atoms with Crippen LogP contribution in [0.3, 0.4) is 0 Å². The normalized spacial score (nSPS) is 11.2. The fourth-order valence-electron chi connectivity index (χ4n) is 2.96. The molecule has 0 aliphatic heterocycles. The maximum Gasteiger partial charge on any atom is 0.259 e. The number of hydrogen-bond acceptors (Lipinski definition) is 3. The molecule has 0 saturated carbocycles. The third-order valence-electron chi connectivity index (χ3n) is 4.14. The number of aromatic nitrogens is 3. The molecule has 130 valence electrons. The summed E-state index contributed by atoms with van der Waals surface area (Å²) in [5.41, 5.74) is 0.980. The number of H-pyrrole nitrogens is 1. The predicted octanol–water partition coefficient (Wildman–Crippen LogP) is 3.15. The van der Waals surface area contributed by atoms with Gasteiger partial charge in [-0.1, -0.05) is 24.3 Å². The van der Waals surface area contributed by atoms with Crippen molar-refractivity contribution < 1.29 is 13.9 Å². The van der Waals surface area contributed by atoms with Gasteiger partial charge >= 0.3 is 0 Å². The Hall–Kier alpha value is -3.32. The van der Waals surface area contributed by atoms with Crippen molar-refractivity contribution in [2.24, 2.45) is 0 Å². The molecule has 2 aromatic carbocycles. The van der Waals surface area contributed by atoms with Gasteiger partial charge in [0.05, 0.1) is 17.5 Å². The zero-order valence-corrected chi connectivity index (χ0v) is 13.4. The lowest BCUT2D eigenvalue weighted by atomic mass is 10.1. The number of aliphatic hydroxyl groups excluding tert-OH is 1. The standard InChI is InChI=1S/C19H13F2N3O2/c20-13-5-2-6-14(21)18(13)24-15-7-8-22-19(26)16(15)17(23-24)12-4-1-3-11(9-12)10-25/h1-9,25H,10H2,(H,22,26). The number of fused-ring (bicyclic) bond motifs is 1. The van der Waals surface area contributed by atoms with Crippen molar-refractivity contribution in [3.05, 3.63) is 82.3 Å². The third-order valence-corrected chi connectivity index (χ3v) is 4.14. The summed E-state index contributed by atoms with van der Waals surface area (Å²) in [7, 11) is 0. The fourth-order valence-corrected chi connectivity index (χ4v) is 2.96. The van der Waals surface area contributed by atoms with Crippen LogP contribution in [0.1, 0.15) is 5.56 Å². The Morgan fingerprint density at radius 2 is 1.81 bits per heavy atom. The molecule has 0 aliphatic rings. The average molecular weight is 353 g/mol. The van der Waals surface area contributed by atoms with Crippen molar-refractivity contribution in [3.63, 3.8) is 0 Å². The van der Waals surface area contributed by atoms with Gasteiger partial charge in [-0.05, 0) is 29.8 Å². The van der Waals surface area contributed by atoms with E-state index < -0.39 is 17.2 Å². The van der Waals surface area contributed by atoms with Gasteiger partial charge in [0.15, 0.2) is 11.6 Å². The van der Waals surface area contributed by atoms with E-state index in [1.165, 1.54) is 18.3 Å². The molecule has 0 bridgehead atoms. The van der Waals surface area contributed by atoms with E-state index in [1.54, 1.807) is 24.3 Å². The average Bonchev–Trinajstić information content (AvgIpc) is 3.02. The van der Waals surface area contributed by atoms with Crippen molar-refractivity contribution in [1.29, 1.82) is 0 Å². The highest BCUT2D eigenvalue weighted by molar-refractivity contribution is 5.93. The summed E-state index contributed by atoms with van der Waals surface area (Å²) in [5, 5.41) is 13.9. The van der Waals surface area contributed by atoms with Gasteiger partial charge in [0.2, 0.25) is 0 Å². The number of halogens is 2. The highest BCUT2D eigenvalue weighted by Gasteiger charge is 2.20. The molecule has 4 aromatic rings. The molecule has 0 saturated heterocycles. The molecule has 7 heteroatoms. The van der Waals surface area contributed by atoms with E-state index in [9.17, 15) is 18.7 Å². The van der Waals surface area contributed by atoms with E-state index in [-0.39, 0.29) is 28.9 Å². The zero-order chi connectivity index (χ0) is 18.3. The summed E-state index contributed by atoms with van der Waals surface area (Å²) in [5.74, 6) is -1.57. The highest BCUT2D eigenvalue weighted by atomic mass is 19.1. The minimum Gasteiger partial charge on any atom is -0.392 e. The summed E-state index contributed by atoms with van der Waals surface area (Å²) >= 11 is 0. The second kappa shape index (κ2) is 6.20. The molecule has 0 radical (unpaired) electrons. The molecular formula is C19H13F2N3O2. The molecule has 2 aromatic heterocycles. The van der Waals surface area contributed by atoms with Gasteiger partial charge in [0, 0.05) is 11.8 Å². The van der Waals surface area contributed by atoms with Crippen LogP contribution in [0.25, 0.3) is 27.8 Å². The Kier molecular flexibility index (Phi) is 3.85. The van der Waals surface area contributed by atoms with Crippen molar-refractivity contribution in [2.75, 3.05) is 0 Å². The van der Waals surface area contributed by atoms with Crippen LogP contribution >= 0.6 is 0 Å². The van der Waals surface area contributed by atoms with Gasteiger partial charge in [0.25, 0.3) is 5.56 Å². The topological polar surface area (TPSA) is 70.9 Å². The molecule has 0 amide bonds. The van der Waals surface area contributed by atoms with Gasteiger partial charge in [-0.15, -0.1) is 0 Å². The van der Waals surface area contributed by atoms with Crippen LogP contribution in [-0.4, -0.2) is 19.9 Å². The molecule has 0 aliphatic carbocycles. The Morgan fingerprint density at radius 3 is 2.54 bits per heavy atom. The van der Waals surface area contributed by atoms with Crippen LogP contribution < -0.4 is 5.56 Å². The molecule has 0 spiro atoms. The molecule has 4 rings (SSSR count). The van der Waals surface area contributed by atoms with E-state index in [1.807, 2.05) is 0 Å². The van der Waals surface area contributed by atoms with E-state index in [0.29, 0.717) is 11.1 Å². The fraction of sp³-hybridized carbons (Fsp3) is 0.0526. The molecule has 2 heterocycles. The second-order valence-corrected chi connectivity index (χ2v) is 5.76. The third kappa shape index (κ3) is 2.49. The monoisotopic (exact) mass is 353 g/mol. The Labute approximate surface area is 146 Å². The molecule has 0 fully saturated rings. The van der Waals surface area contributed by atoms with E-state index >= 15 is 0 Å². The number of nitrogens with one attached hydrogen (secondary N) is 1. The van der Waals surface area contributed by atoms with Gasteiger partial charge in [0.1, 0.15) is 11.4 Å². The SMILES string of the molecule is O=c1[nH]ccc2c1c(-c1cccc(CO)c1)nn2-c1c(F)cccc1F. The quantitative estimate of drug-likeness (QED) is 0.594. The molecule has 26 heavy (non-hydrogen) atoms. The van der Waals surface area contributed by atoms with Crippen LogP contribution in [0.5, 0.6) is 0 Å². The number of nitrogens with zero attached hydrogens (tertiary/aromatic N) is 2. The first-order valence-corrected chi connectivity index (χ1v) is 7.85. The molecule has 0 atom stereocenters. The number of hydrogen-bond donors (Lipinski definition) is 2. The van der Waals surface area contributed by atoms with Gasteiger partial charge in [-0.2, -0.15) is 5.10 Å². The van der Waals surface area contributed by atoms with Crippen molar-refractivity contribution in [3.8, 4) is 16.9 Å². The van der Waals surface area contributed by atoms with Gasteiger partial charge < -0.3 is 10.1 Å². The van der Waals surface area contributed by atoms with Crippen LogP contribution in [0.4, 0.5) is 8.78 Å². The Morgan fingerprint density at radius 1 is 1.08 bits per heavy atom. The summed E-state index contributed by atoms with van der Waals surface area (Å²) in [6.45, 7) is -0.176. The first-order valence-electron chi connectivity index (χ1n) is 7.85. The number of para-hydroxylation sites is 1. The van der Waals surface area contributed by atoms with Crippen LogP contribution in [-0.2, 0) is 6.61 Å². The largest absolute Gasteiger partial charge is 0.392 e. The molecule has 2 N–H and O–H groups in total. The summed E-state index contributed by atoms with van der Waals surface area (Å²) in [6.07, 6.45) is 1.40. The molecular weight excluding hydrogens is 340 g/mol. The molecule has 5 nitrogen and oxygen atoms in total. The van der Waals surface area contributed by atoms with Crippen molar-refractivity contribution >= 4 is 10.9 Å². The van der Waals surface area contributed by atoms with Gasteiger partial charge in [-0.3, -0.25) is 4.79 Å². The lowest BCUT2D eigenvalue weighted by Crippen LogP contribution is -2.06. The zero-order valence-electron chi connectivity index (χ0n) is 13.4. The van der Waals surface area contributed by atoms with E-state index in [2.05, 4.69) is 10.1 Å². The summed E-state index contributed by atoms with van der Waals surface area (Å²) in [6, 6.07) is 11.9. The lowest BCUT2D eigenvalue weighted by molar-refractivity contribution is 0.282. The predicted molar refractivity (Wildman–Crippen MR) is 93.0 cm³/mol. The summed E-state index contributed by atoms with van der Waals surface area (Å²) in [4.78, 5) is 15.0. The van der Waals surface area contributed by atoms with Crippen LogP contribution in [0.2, 0.25) is 0 Å². The second-order valence-electron chi connectivity index (χ2n) is 5.76. The number of aliphatic hydroxyl groups is 1. The first-order chi connectivity index (χ1) is 12.6.